The fraction of sp³-hybridized carbons (Fsp3) is 0.421. The van der Waals surface area contributed by atoms with Crippen LogP contribution < -0.4 is 34.9 Å². The molecule has 1 aromatic rings. The van der Waals surface area contributed by atoms with Gasteiger partial charge in [0.25, 0.3) is 11.8 Å². The largest absolute Gasteiger partial charge is 1.00 e. The van der Waals surface area contributed by atoms with Gasteiger partial charge in [0.05, 0.1) is 6.61 Å². The van der Waals surface area contributed by atoms with E-state index in [1.807, 2.05) is 0 Å². The Labute approximate surface area is 211 Å². The van der Waals surface area contributed by atoms with E-state index in [1.165, 1.54) is 35.6 Å². The molecule has 3 rings (SSSR count). The van der Waals surface area contributed by atoms with E-state index < -0.39 is 47.2 Å². The number of carboxylic acid groups (broad SMARTS) is 1. The standard InChI is InChI=1S/C19H21N3O8S.Na.H/c1-3-29-19(28)14(21-6-4-5-7-21)15(24)20-12-16(25)22-13(18(26)27)11(8-30-10(2)23)9-31-17(12)22;;/h4-7,12,14,17H,3,8-9H2,1-2H3,(H,20,24)(H,26,27);;/q;+1;-1. The Kier molecular flexibility index (Phi) is 8.96. The molecule has 2 aliphatic heterocycles. The Morgan fingerprint density at radius 3 is 2.50 bits per heavy atom. The van der Waals surface area contributed by atoms with Gasteiger partial charge >= 0.3 is 47.5 Å². The van der Waals surface area contributed by atoms with Crippen molar-refractivity contribution in [1.82, 2.24) is 14.8 Å². The number of nitrogens with one attached hydrogen (secondary N) is 1. The maximum Gasteiger partial charge on any atom is 1.00 e. The molecule has 2 amide bonds. The number of aliphatic carboxylic acids is 1. The molecule has 3 unspecified atom stereocenters. The van der Waals surface area contributed by atoms with Crippen LogP contribution in [0.15, 0.2) is 35.8 Å². The average Bonchev–Trinajstić information content (AvgIpc) is 3.23. The number of hydrogen-bond acceptors (Lipinski definition) is 8. The summed E-state index contributed by atoms with van der Waals surface area (Å²) in [6, 6.07) is 0.955. The first kappa shape index (κ1) is 26.0. The fourth-order valence-electron chi connectivity index (χ4n) is 3.32. The molecule has 13 heteroatoms. The quantitative estimate of drug-likeness (QED) is 0.174. The normalized spacial score (nSPS) is 20.3. The second-order valence-corrected chi connectivity index (χ2v) is 7.82. The molecule has 0 aromatic carbocycles. The van der Waals surface area contributed by atoms with Crippen molar-refractivity contribution in [2.45, 2.75) is 31.3 Å². The van der Waals surface area contributed by atoms with Crippen molar-refractivity contribution in [3.8, 4) is 0 Å². The van der Waals surface area contributed by atoms with Gasteiger partial charge in [-0.15, -0.1) is 11.8 Å². The first-order chi connectivity index (χ1) is 14.8. The Morgan fingerprint density at radius 2 is 1.94 bits per heavy atom. The van der Waals surface area contributed by atoms with Crippen LogP contribution in [0.25, 0.3) is 0 Å². The van der Waals surface area contributed by atoms with Gasteiger partial charge in [0.2, 0.25) is 6.04 Å². The van der Waals surface area contributed by atoms with Gasteiger partial charge in [-0.3, -0.25) is 19.3 Å². The van der Waals surface area contributed by atoms with Crippen molar-refractivity contribution < 1.29 is 69.5 Å². The molecular weight excluding hydrogens is 453 g/mol. The first-order valence-electron chi connectivity index (χ1n) is 9.39. The summed E-state index contributed by atoms with van der Waals surface area (Å²) in [6.07, 6.45) is 3.05. The van der Waals surface area contributed by atoms with Crippen LogP contribution in [0.5, 0.6) is 0 Å². The molecule has 0 spiro atoms. The van der Waals surface area contributed by atoms with Crippen molar-refractivity contribution in [3.05, 3.63) is 35.8 Å². The Hall–Kier alpha value is -2.28. The zero-order valence-corrected chi connectivity index (χ0v) is 20.6. The van der Waals surface area contributed by atoms with E-state index in [0.717, 1.165) is 4.90 Å². The molecule has 2 aliphatic rings. The second-order valence-electron chi connectivity index (χ2n) is 6.72. The van der Waals surface area contributed by atoms with E-state index in [0.29, 0.717) is 5.57 Å². The van der Waals surface area contributed by atoms with Crippen LogP contribution in [0.1, 0.15) is 21.3 Å². The van der Waals surface area contributed by atoms with Crippen molar-refractivity contribution in [1.29, 1.82) is 0 Å². The van der Waals surface area contributed by atoms with Crippen molar-refractivity contribution in [2.75, 3.05) is 19.0 Å². The molecule has 3 atom stereocenters. The molecule has 0 aliphatic carbocycles. The molecule has 168 valence electrons. The van der Waals surface area contributed by atoms with Crippen LogP contribution in [-0.4, -0.2) is 74.7 Å². The Balaban J connectivity index is 0.00000272. The van der Waals surface area contributed by atoms with Crippen LogP contribution in [0.4, 0.5) is 0 Å². The van der Waals surface area contributed by atoms with E-state index in [1.54, 1.807) is 19.1 Å². The summed E-state index contributed by atoms with van der Waals surface area (Å²) < 4.78 is 11.2. The molecule has 0 radical (unpaired) electrons. The van der Waals surface area contributed by atoms with Gasteiger partial charge in [0, 0.05) is 30.6 Å². The number of rotatable bonds is 8. The summed E-state index contributed by atoms with van der Waals surface area (Å²) in [5.74, 6) is -3.83. The van der Waals surface area contributed by atoms with Crippen LogP contribution in [-0.2, 0) is 33.4 Å². The number of thioether (sulfide) groups is 1. The van der Waals surface area contributed by atoms with Gasteiger partial charge in [-0.25, -0.2) is 9.59 Å². The number of fused-ring (bicyclic) bond motifs is 1. The number of carbonyl (C=O) groups excluding carboxylic acids is 4. The number of nitrogens with zero attached hydrogens (tertiary/aromatic N) is 2. The number of ether oxygens (including phenoxy) is 2. The van der Waals surface area contributed by atoms with Gasteiger partial charge in [0.15, 0.2) is 0 Å². The maximum atomic E-state index is 12.8. The average molecular weight is 475 g/mol. The summed E-state index contributed by atoms with van der Waals surface area (Å²) in [5.41, 5.74) is 0.0340. The van der Waals surface area contributed by atoms with E-state index in [9.17, 15) is 29.1 Å². The van der Waals surface area contributed by atoms with Gasteiger partial charge < -0.3 is 25.9 Å². The first-order valence-corrected chi connectivity index (χ1v) is 10.4. The molecule has 11 nitrogen and oxygen atoms in total. The van der Waals surface area contributed by atoms with E-state index in [4.69, 9.17) is 9.47 Å². The van der Waals surface area contributed by atoms with Gasteiger partial charge in [-0.1, -0.05) is 0 Å². The number of amides is 2. The predicted molar refractivity (Wildman–Crippen MR) is 108 cm³/mol. The predicted octanol–water partition coefficient (Wildman–Crippen LogP) is -2.99. The minimum atomic E-state index is -1.33. The second kappa shape index (κ2) is 11.0. The minimum Gasteiger partial charge on any atom is -1.00 e. The molecule has 1 fully saturated rings. The molecular formula is C19H22N3NaO8S. The van der Waals surface area contributed by atoms with Crippen LogP contribution in [0, 0.1) is 0 Å². The van der Waals surface area contributed by atoms with Gasteiger partial charge in [-0.2, -0.15) is 0 Å². The van der Waals surface area contributed by atoms with E-state index >= 15 is 0 Å². The molecule has 2 N–H and O–H groups in total. The van der Waals surface area contributed by atoms with Crippen LogP contribution >= 0.6 is 11.8 Å². The number of carbonyl (C=O) groups is 5. The monoisotopic (exact) mass is 475 g/mol. The molecule has 3 heterocycles. The summed E-state index contributed by atoms with van der Waals surface area (Å²) in [4.78, 5) is 61.7. The number of aromatic nitrogens is 1. The van der Waals surface area contributed by atoms with Gasteiger partial charge in [0.1, 0.15) is 23.7 Å². The van der Waals surface area contributed by atoms with E-state index in [2.05, 4.69) is 5.32 Å². The summed E-state index contributed by atoms with van der Waals surface area (Å²) in [5, 5.41) is 11.5. The van der Waals surface area contributed by atoms with E-state index in [-0.39, 0.29) is 55.6 Å². The van der Waals surface area contributed by atoms with Crippen molar-refractivity contribution >= 4 is 41.5 Å². The number of hydrogen-bond donors (Lipinski definition) is 2. The molecule has 0 saturated carbocycles. The molecule has 1 aromatic heterocycles. The maximum absolute atomic E-state index is 12.8. The van der Waals surface area contributed by atoms with Crippen molar-refractivity contribution in [2.24, 2.45) is 0 Å². The van der Waals surface area contributed by atoms with Crippen LogP contribution in [0.3, 0.4) is 0 Å². The third kappa shape index (κ3) is 5.20. The summed E-state index contributed by atoms with van der Waals surface area (Å²) >= 11 is 1.23. The number of esters is 2. The zero-order valence-electron chi connectivity index (χ0n) is 18.8. The smallest absolute Gasteiger partial charge is 1.00 e. The SMILES string of the molecule is CCOC(=O)C(C(=O)NC1C(=O)N2C(C(=O)O)=C(COC(C)=O)CSC12)n1cccc1.[H-].[Na+]. The minimum absolute atomic E-state index is 0. The summed E-state index contributed by atoms with van der Waals surface area (Å²) in [6.45, 7) is 2.65. The molecule has 32 heavy (non-hydrogen) atoms. The molecule has 0 bridgehead atoms. The van der Waals surface area contributed by atoms with Gasteiger partial charge in [-0.05, 0) is 19.1 Å². The number of carboxylic acids is 1. The Morgan fingerprint density at radius 1 is 1.28 bits per heavy atom. The zero-order chi connectivity index (χ0) is 22.7. The number of β-lactam (4-membered cyclic amide) rings is 1. The van der Waals surface area contributed by atoms with Crippen LogP contribution in [0.2, 0.25) is 0 Å². The third-order valence-electron chi connectivity index (χ3n) is 4.68. The van der Waals surface area contributed by atoms with Crippen molar-refractivity contribution in [3.63, 3.8) is 0 Å². The topological polar surface area (TPSA) is 144 Å². The fourth-order valence-corrected chi connectivity index (χ4v) is 4.65. The Bertz CT molecular complexity index is 955. The third-order valence-corrected chi connectivity index (χ3v) is 6.02. The summed E-state index contributed by atoms with van der Waals surface area (Å²) in [7, 11) is 0. The molecule has 1 saturated heterocycles.